The van der Waals surface area contributed by atoms with Crippen LogP contribution in [0.1, 0.15) is 24.8 Å². The van der Waals surface area contributed by atoms with E-state index in [2.05, 4.69) is 10.6 Å². The summed E-state index contributed by atoms with van der Waals surface area (Å²) < 4.78 is 38.6. The van der Waals surface area contributed by atoms with Crippen LogP contribution in [-0.4, -0.2) is 47.9 Å². The second-order valence-corrected chi connectivity index (χ2v) is 8.77. The number of nitrogens with zero attached hydrogens (tertiary/aromatic N) is 2. The summed E-state index contributed by atoms with van der Waals surface area (Å²) in [6.07, 6.45) is -3.86. The molecule has 2 amide bonds. The zero-order chi connectivity index (χ0) is 24.3. The maximum Gasteiger partial charge on any atom is 0.391 e. The maximum atomic E-state index is 12.9. The van der Waals surface area contributed by atoms with Gasteiger partial charge in [-0.05, 0) is 54.8 Å². The van der Waals surface area contributed by atoms with E-state index in [4.69, 9.17) is 0 Å². The van der Waals surface area contributed by atoms with E-state index in [1.807, 2.05) is 53.4 Å². The van der Waals surface area contributed by atoms with Crippen molar-refractivity contribution in [1.82, 2.24) is 10.4 Å². The Kier molecular flexibility index (Phi) is 6.97. The molecule has 0 radical (unpaired) electrons. The first-order valence-corrected chi connectivity index (χ1v) is 11.2. The van der Waals surface area contributed by atoms with Gasteiger partial charge in [0.05, 0.1) is 18.4 Å². The number of piperidine rings is 1. The minimum absolute atomic E-state index is 0.00974. The molecule has 1 unspecified atom stereocenters. The number of alkyl halides is 3. The Morgan fingerprint density at radius 1 is 1.00 bits per heavy atom. The van der Waals surface area contributed by atoms with Crippen molar-refractivity contribution in [2.24, 2.45) is 11.8 Å². The molecule has 2 heterocycles. The first-order chi connectivity index (χ1) is 16.2. The summed E-state index contributed by atoms with van der Waals surface area (Å²) in [6.45, 7) is 1.11. The molecule has 1 atom stereocenters. The van der Waals surface area contributed by atoms with Crippen LogP contribution in [0.15, 0.2) is 48.5 Å². The van der Waals surface area contributed by atoms with Crippen LogP contribution < -0.4 is 15.5 Å². The average Bonchev–Trinajstić information content (AvgIpc) is 3.17. The first kappa shape index (κ1) is 23.9. The molecule has 3 N–H and O–H groups in total. The van der Waals surface area contributed by atoms with E-state index in [-0.39, 0.29) is 31.7 Å². The molecule has 7 nitrogen and oxygen atoms in total. The molecular formula is C24H27F3N4O3. The first-order valence-electron chi connectivity index (χ1n) is 11.2. The third-order valence-corrected chi connectivity index (χ3v) is 6.37. The number of amides is 2. The minimum Gasteiger partial charge on any atom is -0.372 e. The zero-order valence-corrected chi connectivity index (χ0v) is 18.5. The summed E-state index contributed by atoms with van der Waals surface area (Å²) in [7, 11) is 0. The Balaban J connectivity index is 1.25. The van der Waals surface area contributed by atoms with Gasteiger partial charge in [0, 0.05) is 43.1 Å². The van der Waals surface area contributed by atoms with Gasteiger partial charge in [-0.2, -0.15) is 13.2 Å². The number of carbonyl (C=O) groups excluding carboxylic acids is 2. The van der Waals surface area contributed by atoms with E-state index in [0.29, 0.717) is 24.7 Å². The van der Waals surface area contributed by atoms with Gasteiger partial charge in [-0.1, -0.05) is 12.1 Å². The summed E-state index contributed by atoms with van der Waals surface area (Å²) >= 11 is 0. The third kappa shape index (κ3) is 5.80. The summed E-state index contributed by atoms with van der Waals surface area (Å²) in [6, 6.07) is 15.1. The summed E-state index contributed by atoms with van der Waals surface area (Å²) in [5.41, 5.74) is 3.51. The number of carbonyl (C=O) groups is 2. The number of hydrogen-bond acceptors (Lipinski definition) is 5. The number of hydrogen-bond donors (Lipinski definition) is 3. The normalized spacial score (nSPS) is 19.4. The van der Waals surface area contributed by atoms with Crippen LogP contribution >= 0.6 is 0 Å². The van der Waals surface area contributed by atoms with Crippen molar-refractivity contribution >= 4 is 28.9 Å². The quantitative estimate of drug-likeness (QED) is 0.548. The fraction of sp³-hybridized carbons (Fsp3) is 0.417. The van der Waals surface area contributed by atoms with E-state index in [9.17, 15) is 28.0 Å². The second-order valence-electron chi connectivity index (χ2n) is 8.77. The molecule has 2 aromatic rings. The summed E-state index contributed by atoms with van der Waals surface area (Å²) in [5, 5.41) is 16.0. The number of hydroxylamine groups is 2. The zero-order valence-electron chi connectivity index (χ0n) is 18.5. The minimum atomic E-state index is -4.11. The van der Waals surface area contributed by atoms with Crippen molar-refractivity contribution in [3.05, 3.63) is 54.1 Å². The molecule has 2 aliphatic rings. The van der Waals surface area contributed by atoms with Gasteiger partial charge in [0.2, 0.25) is 11.8 Å². The SMILES string of the molecule is O=C(NCc1ccc(Nc2ccc(N3CCC(C(F)(F)F)CC3)cc2)cc1)C1CC(=O)N(O)C1. The predicted octanol–water partition coefficient (Wildman–Crippen LogP) is 4.06. The summed E-state index contributed by atoms with van der Waals surface area (Å²) in [4.78, 5) is 25.5. The Morgan fingerprint density at radius 2 is 1.59 bits per heavy atom. The number of rotatable bonds is 6. The second kappa shape index (κ2) is 9.92. The highest BCUT2D eigenvalue weighted by molar-refractivity contribution is 5.88. The molecule has 182 valence electrons. The predicted molar refractivity (Wildman–Crippen MR) is 121 cm³/mol. The van der Waals surface area contributed by atoms with Gasteiger partial charge in [0.25, 0.3) is 0 Å². The van der Waals surface area contributed by atoms with Crippen molar-refractivity contribution in [1.29, 1.82) is 0 Å². The largest absolute Gasteiger partial charge is 0.391 e. The fourth-order valence-electron chi connectivity index (χ4n) is 4.29. The molecule has 2 aromatic carbocycles. The highest BCUT2D eigenvalue weighted by Crippen LogP contribution is 2.35. The van der Waals surface area contributed by atoms with Crippen molar-refractivity contribution < 1.29 is 28.0 Å². The Hall–Kier alpha value is -3.27. The van der Waals surface area contributed by atoms with Gasteiger partial charge in [0.1, 0.15) is 0 Å². The number of halogens is 3. The van der Waals surface area contributed by atoms with Crippen molar-refractivity contribution in [2.45, 2.75) is 32.0 Å². The number of nitrogens with one attached hydrogen (secondary N) is 2. The molecule has 2 saturated heterocycles. The Labute approximate surface area is 195 Å². The van der Waals surface area contributed by atoms with Crippen molar-refractivity contribution in [3.63, 3.8) is 0 Å². The highest BCUT2D eigenvalue weighted by Gasteiger charge is 2.41. The molecule has 4 rings (SSSR count). The summed E-state index contributed by atoms with van der Waals surface area (Å²) in [5.74, 6) is -2.47. The smallest absolute Gasteiger partial charge is 0.372 e. The van der Waals surface area contributed by atoms with Gasteiger partial charge in [0.15, 0.2) is 0 Å². The molecule has 2 aliphatic heterocycles. The Morgan fingerprint density at radius 3 is 2.12 bits per heavy atom. The molecule has 0 aliphatic carbocycles. The molecule has 34 heavy (non-hydrogen) atoms. The van der Waals surface area contributed by atoms with E-state index in [0.717, 1.165) is 22.6 Å². The van der Waals surface area contributed by atoms with Crippen molar-refractivity contribution in [3.8, 4) is 0 Å². The van der Waals surface area contributed by atoms with Crippen LogP contribution in [0.5, 0.6) is 0 Å². The monoisotopic (exact) mass is 476 g/mol. The third-order valence-electron chi connectivity index (χ3n) is 6.37. The lowest BCUT2D eigenvalue weighted by Crippen LogP contribution is -2.38. The van der Waals surface area contributed by atoms with Gasteiger partial charge >= 0.3 is 6.18 Å². The molecular weight excluding hydrogens is 449 g/mol. The Bertz CT molecular complexity index is 1000. The van der Waals surface area contributed by atoms with Gasteiger partial charge in [-0.3, -0.25) is 14.8 Å². The van der Waals surface area contributed by atoms with E-state index < -0.39 is 23.9 Å². The van der Waals surface area contributed by atoms with Crippen LogP contribution in [0, 0.1) is 11.8 Å². The van der Waals surface area contributed by atoms with Crippen LogP contribution in [0.25, 0.3) is 0 Å². The van der Waals surface area contributed by atoms with E-state index >= 15 is 0 Å². The molecule has 10 heteroatoms. The van der Waals surface area contributed by atoms with Gasteiger partial charge < -0.3 is 15.5 Å². The standard InChI is InChI=1S/C24H27F3N4O3/c25-24(26,27)18-9-11-30(12-10-18)21-7-5-20(6-8-21)29-19-3-1-16(2-4-19)14-28-23(33)17-13-22(32)31(34)15-17/h1-8,17-18,29,34H,9-15H2,(H,28,33). The molecule has 2 fully saturated rings. The lowest BCUT2D eigenvalue weighted by molar-refractivity contribution is -0.179. The van der Waals surface area contributed by atoms with Crippen LogP contribution in [-0.2, 0) is 16.1 Å². The maximum absolute atomic E-state index is 12.9. The fourth-order valence-corrected chi connectivity index (χ4v) is 4.29. The molecule has 0 spiro atoms. The van der Waals surface area contributed by atoms with Gasteiger partial charge in [-0.15, -0.1) is 0 Å². The lowest BCUT2D eigenvalue weighted by Gasteiger charge is -2.34. The van der Waals surface area contributed by atoms with Gasteiger partial charge in [-0.25, -0.2) is 5.06 Å². The van der Waals surface area contributed by atoms with Crippen molar-refractivity contribution in [2.75, 3.05) is 29.9 Å². The molecule has 0 aromatic heterocycles. The van der Waals surface area contributed by atoms with E-state index in [1.54, 1.807) is 0 Å². The van der Waals surface area contributed by atoms with Crippen LogP contribution in [0.3, 0.4) is 0 Å². The van der Waals surface area contributed by atoms with Crippen LogP contribution in [0.2, 0.25) is 0 Å². The molecule has 0 bridgehead atoms. The van der Waals surface area contributed by atoms with E-state index in [1.165, 1.54) is 0 Å². The highest BCUT2D eigenvalue weighted by atomic mass is 19.4. The number of benzene rings is 2. The molecule has 0 saturated carbocycles. The number of anilines is 3. The lowest BCUT2D eigenvalue weighted by atomic mass is 9.96. The topological polar surface area (TPSA) is 84.9 Å². The average molecular weight is 476 g/mol. The van der Waals surface area contributed by atoms with Crippen LogP contribution in [0.4, 0.5) is 30.2 Å².